The molecule has 5 nitrogen and oxygen atoms in total. The Balaban J connectivity index is 1.57. The first-order valence-corrected chi connectivity index (χ1v) is 9.02. The molecule has 0 atom stereocenters. The lowest BCUT2D eigenvalue weighted by Crippen LogP contribution is -2.40. The van der Waals surface area contributed by atoms with Gasteiger partial charge in [0.1, 0.15) is 0 Å². The van der Waals surface area contributed by atoms with E-state index in [1.165, 1.54) is 4.90 Å². The fourth-order valence-corrected chi connectivity index (χ4v) is 3.50. The van der Waals surface area contributed by atoms with Crippen LogP contribution in [-0.2, 0) is 9.59 Å². The summed E-state index contributed by atoms with van der Waals surface area (Å²) >= 11 is 6.75. The van der Waals surface area contributed by atoms with Crippen molar-refractivity contribution in [1.29, 1.82) is 0 Å². The molecule has 2 aliphatic rings. The van der Waals surface area contributed by atoms with Crippen molar-refractivity contribution in [1.82, 2.24) is 10.2 Å². The summed E-state index contributed by atoms with van der Waals surface area (Å²) in [6.45, 7) is 0.489. The standard InChI is InChI=1S/C17H17ClN2O3S/c18-13-6-4-11(5-7-13)10-14-16(22)20(17(23)24-14)9-8-19-15(21)12-2-1-3-12/h4-7,10,12H,1-3,8-9H2,(H,19,21)/b14-10-. The van der Waals surface area contributed by atoms with Gasteiger partial charge in [0.2, 0.25) is 5.91 Å². The summed E-state index contributed by atoms with van der Waals surface area (Å²) in [5.74, 6) is -0.201. The zero-order valence-corrected chi connectivity index (χ0v) is 14.5. The molecule has 1 heterocycles. The first kappa shape index (κ1) is 17.0. The Labute approximate surface area is 149 Å². The predicted octanol–water partition coefficient (Wildman–Crippen LogP) is 3.29. The molecule has 0 spiro atoms. The summed E-state index contributed by atoms with van der Waals surface area (Å²) in [5.41, 5.74) is 0.809. The summed E-state index contributed by atoms with van der Waals surface area (Å²) in [6.07, 6.45) is 4.62. The molecule has 2 fully saturated rings. The van der Waals surface area contributed by atoms with E-state index in [1.54, 1.807) is 30.3 Å². The largest absolute Gasteiger partial charge is 0.354 e. The summed E-state index contributed by atoms with van der Waals surface area (Å²) in [6, 6.07) is 7.03. The number of thioether (sulfide) groups is 1. The van der Waals surface area contributed by atoms with Gasteiger partial charge in [0.15, 0.2) is 0 Å². The van der Waals surface area contributed by atoms with Gasteiger partial charge in [-0.05, 0) is 48.4 Å². The minimum absolute atomic E-state index is 0.0185. The van der Waals surface area contributed by atoms with Crippen molar-refractivity contribution in [3.05, 3.63) is 39.8 Å². The molecule has 1 aromatic carbocycles. The first-order chi connectivity index (χ1) is 11.5. The van der Waals surface area contributed by atoms with Crippen molar-refractivity contribution in [3.8, 4) is 0 Å². The Bertz CT molecular complexity index is 698. The summed E-state index contributed by atoms with van der Waals surface area (Å²) in [7, 11) is 0. The average molecular weight is 365 g/mol. The van der Waals surface area contributed by atoms with Gasteiger partial charge in [0.25, 0.3) is 11.1 Å². The highest BCUT2D eigenvalue weighted by atomic mass is 35.5. The van der Waals surface area contributed by atoms with E-state index in [-0.39, 0.29) is 29.5 Å². The number of hydrogen-bond acceptors (Lipinski definition) is 4. The molecule has 3 rings (SSSR count). The van der Waals surface area contributed by atoms with Gasteiger partial charge in [-0.3, -0.25) is 19.3 Å². The second-order valence-corrected chi connectivity index (χ2v) is 7.23. The smallest absolute Gasteiger partial charge is 0.293 e. The van der Waals surface area contributed by atoms with Crippen LogP contribution in [-0.4, -0.2) is 35.0 Å². The average Bonchev–Trinajstić information content (AvgIpc) is 2.75. The van der Waals surface area contributed by atoms with E-state index in [0.717, 1.165) is 36.6 Å². The van der Waals surface area contributed by atoms with Crippen molar-refractivity contribution in [2.45, 2.75) is 19.3 Å². The molecule has 7 heteroatoms. The number of carbonyl (C=O) groups excluding carboxylic acids is 3. The van der Waals surface area contributed by atoms with Crippen molar-refractivity contribution >= 4 is 46.5 Å². The van der Waals surface area contributed by atoms with Gasteiger partial charge in [-0.2, -0.15) is 0 Å². The molecule has 3 amide bonds. The SMILES string of the molecule is O=C(NCCN1C(=O)S/C(=C\c2ccc(Cl)cc2)C1=O)C1CCC1. The summed E-state index contributed by atoms with van der Waals surface area (Å²) < 4.78 is 0. The molecule has 0 aromatic heterocycles. The predicted molar refractivity (Wildman–Crippen MR) is 94.5 cm³/mol. The first-order valence-electron chi connectivity index (χ1n) is 7.83. The minimum atomic E-state index is -0.321. The second-order valence-electron chi connectivity index (χ2n) is 5.80. The van der Waals surface area contributed by atoms with Crippen LogP contribution in [0.3, 0.4) is 0 Å². The number of halogens is 1. The van der Waals surface area contributed by atoms with Gasteiger partial charge in [0.05, 0.1) is 4.91 Å². The number of hydrogen-bond donors (Lipinski definition) is 1. The van der Waals surface area contributed by atoms with E-state index >= 15 is 0 Å². The maximum atomic E-state index is 12.3. The van der Waals surface area contributed by atoms with Crippen LogP contribution in [0.5, 0.6) is 0 Å². The molecular weight excluding hydrogens is 348 g/mol. The van der Waals surface area contributed by atoms with Crippen LogP contribution >= 0.6 is 23.4 Å². The second kappa shape index (κ2) is 7.40. The van der Waals surface area contributed by atoms with Crippen molar-refractivity contribution in [2.75, 3.05) is 13.1 Å². The zero-order chi connectivity index (χ0) is 17.1. The molecule has 1 N–H and O–H groups in total. The van der Waals surface area contributed by atoms with Crippen molar-refractivity contribution in [2.24, 2.45) is 5.92 Å². The number of imide groups is 1. The number of carbonyl (C=O) groups is 3. The molecule has 0 unspecified atom stereocenters. The van der Waals surface area contributed by atoms with Crippen LogP contribution in [0.25, 0.3) is 6.08 Å². The van der Waals surface area contributed by atoms with Gasteiger partial charge in [-0.1, -0.05) is 30.2 Å². The number of nitrogens with one attached hydrogen (secondary N) is 1. The molecule has 0 bridgehead atoms. The van der Waals surface area contributed by atoms with Crippen LogP contribution in [0.2, 0.25) is 5.02 Å². The van der Waals surface area contributed by atoms with E-state index < -0.39 is 0 Å². The Morgan fingerprint density at radius 3 is 2.62 bits per heavy atom. The zero-order valence-electron chi connectivity index (χ0n) is 13.0. The van der Waals surface area contributed by atoms with Gasteiger partial charge in [-0.25, -0.2) is 0 Å². The van der Waals surface area contributed by atoms with Gasteiger partial charge in [0, 0.05) is 24.0 Å². The Morgan fingerprint density at radius 1 is 1.29 bits per heavy atom. The number of benzene rings is 1. The fraction of sp³-hybridized carbons (Fsp3) is 0.353. The Morgan fingerprint density at radius 2 is 2.00 bits per heavy atom. The number of nitrogens with zero attached hydrogens (tertiary/aromatic N) is 1. The van der Waals surface area contributed by atoms with E-state index in [9.17, 15) is 14.4 Å². The monoisotopic (exact) mass is 364 g/mol. The normalized spacial score (nSPS) is 19.7. The minimum Gasteiger partial charge on any atom is -0.354 e. The molecule has 0 radical (unpaired) electrons. The number of amides is 3. The van der Waals surface area contributed by atoms with Gasteiger partial charge in [-0.15, -0.1) is 0 Å². The third kappa shape index (κ3) is 3.82. The van der Waals surface area contributed by atoms with Gasteiger partial charge >= 0.3 is 0 Å². The number of rotatable bonds is 5. The summed E-state index contributed by atoms with van der Waals surface area (Å²) in [5, 5.41) is 3.10. The Kier molecular flexibility index (Phi) is 5.26. The quantitative estimate of drug-likeness (QED) is 0.814. The lowest BCUT2D eigenvalue weighted by Gasteiger charge is -2.24. The highest BCUT2D eigenvalue weighted by molar-refractivity contribution is 8.18. The molecule has 1 aliphatic carbocycles. The van der Waals surface area contributed by atoms with E-state index in [4.69, 9.17) is 11.6 Å². The van der Waals surface area contributed by atoms with E-state index in [1.807, 2.05) is 0 Å². The third-order valence-electron chi connectivity index (χ3n) is 4.15. The summed E-state index contributed by atoms with van der Waals surface area (Å²) in [4.78, 5) is 37.7. The maximum Gasteiger partial charge on any atom is 0.293 e. The van der Waals surface area contributed by atoms with Crippen LogP contribution in [0.15, 0.2) is 29.2 Å². The van der Waals surface area contributed by atoms with Crippen LogP contribution < -0.4 is 5.32 Å². The van der Waals surface area contributed by atoms with Crippen LogP contribution in [0, 0.1) is 5.92 Å². The van der Waals surface area contributed by atoms with Crippen molar-refractivity contribution < 1.29 is 14.4 Å². The van der Waals surface area contributed by atoms with Gasteiger partial charge < -0.3 is 5.32 Å². The molecule has 1 aliphatic heterocycles. The van der Waals surface area contributed by atoms with Crippen LogP contribution in [0.1, 0.15) is 24.8 Å². The molecule has 1 saturated carbocycles. The lowest BCUT2D eigenvalue weighted by molar-refractivity contribution is -0.128. The highest BCUT2D eigenvalue weighted by Gasteiger charge is 2.35. The lowest BCUT2D eigenvalue weighted by atomic mass is 9.85. The highest BCUT2D eigenvalue weighted by Crippen LogP contribution is 2.32. The van der Waals surface area contributed by atoms with E-state index in [0.29, 0.717) is 16.5 Å². The topological polar surface area (TPSA) is 66.5 Å². The molecule has 1 aromatic rings. The third-order valence-corrected chi connectivity index (χ3v) is 5.31. The molecular formula is C17H17ClN2O3S. The molecule has 1 saturated heterocycles. The van der Waals surface area contributed by atoms with E-state index in [2.05, 4.69) is 5.32 Å². The fourth-order valence-electron chi connectivity index (χ4n) is 2.51. The Hall–Kier alpha value is -1.79. The van der Waals surface area contributed by atoms with Crippen LogP contribution in [0.4, 0.5) is 4.79 Å². The molecule has 126 valence electrons. The molecule has 24 heavy (non-hydrogen) atoms. The maximum absolute atomic E-state index is 12.3. The van der Waals surface area contributed by atoms with Crippen molar-refractivity contribution in [3.63, 3.8) is 0 Å².